The van der Waals surface area contributed by atoms with Crippen molar-refractivity contribution in [3.8, 4) is 5.75 Å². The van der Waals surface area contributed by atoms with Crippen LogP contribution in [0.2, 0.25) is 0 Å². The van der Waals surface area contributed by atoms with E-state index in [1.807, 2.05) is 6.92 Å². The number of halogens is 2. The lowest BCUT2D eigenvalue weighted by molar-refractivity contribution is -0.145. The number of rotatable bonds is 8. The van der Waals surface area contributed by atoms with Crippen LogP contribution >= 0.6 is 0 Å². The summed E-state index contributed by atoms with van der Waals surface area (Å²) in [4.78, 5) is 10.8. The fourth-order valence-corrected chi connectivity index (χ4v) is 1.69. The molecule has 0 aliphatic carbocycles. The summed E-state index contributed by atoms with van der Waals surface area (Å²) in [7, 11) is 0. The minimum Gasteiger partial charge on any atom is -0.479 e. The van der Waals surface area contributed by atoms with Gasteiger partial charge >= 0.3 is 5.97 Å². The van der Waals surface area contributed by atoms with Crippen LogP contribution in [0.1, 0.15) is 32.3 Å². The number of hydrogen-bond acceptors (Lipinski definition) is 3. The molecule has 20 heavy (non-hydrogen) atoms. The molecule has 112 valence electrons. The smallest absolute Gasteiger partial charge is 0.344 e. The summed E-state index contributed by atoms with van der Waals surface area (Å²) in [5.74, 6) is -3.67. The first-order chi connectivity index (χ1) is 9.49. The molecule has 1 unspecified atom stereocenters. The first-order valence-electron chi connectivity index (χ1n) is 6.57. The Balaban J connectivity index is 2.85. The fourth-order valence-electron chi connectivity index (χ4n) is 1.69. The summed E-state index contributed by atoms with van der Waals surface area (Å²) in [5.41, 5.74) is 0.448. The maximum atomic E-state index is 13.8. The van der Waals surface area contributed by atoms with Crippen LogP contribution in [0, 0.1) is 11.6 Å². The van der Waals surface area contributed by atoms with Gasteiger partial charge in [0.2, 0.25) is 0 Å². The lowest BCUT2D eigenvalue weighted by Gasteiger charge is -2.15. The molecule has 0 aliphatic heterocycles. The Hall–Kier alpha value is -1.69. The van der Waals surface area contributed by atoms with E-state index < -0.39 is 29.5 Å². The lowest BCUT2D eigenvalue weighted by atomic mass is 10.2. The largest absolute Gasteiger partial charge is 0.479 e. The molecular formula is C14H19F2NO3. The zero-order chi connectivity index (χ0) is 15.1. The van der Waals surface area contributed by atoms with Crippen molar-refractivity contribution in [1.29, 1.82) is 0 Å². The highest BCUT2D eigenvalue weighted by Gasteiger charge is 2.21. The van der Waals surface area contributed by atoms with Crippen molar-refractivity contribution < 1.29 is 23.4 Å². The summed E-state index contributed by atoms with van der Waals surface area (Å²) < 4.78 is 32.5. The normalized spacial score (nSPS) is 12.2. The van der Waals surface area contributed by atoms with Crippen LogP contribution in [-0.4, -0.2) is 23.7 Å². The number of nitrogens with one attached hydrogen (secondary N) is 1. The van der Waals surface area contributed by atoms with E-state index in [2.05, 4.69) is 5.32 Å². The van der Waals surface area contributed by atoms with Crippen LogP contribution in [-0.2, 0) is 11.3 Å². The number of aliphatic carboxylic acids is 1. The quantitative estimate of drug-likeness (QED) is 0.722. The molecule has 0 fully saturated rings. The van der Waals surface area contributed by atoms with Crippen molar-refractivity contribution in [2.45, 2.75) is 39.3 Å². The van der Waals surface area contributed by atoms with E-state index in [0.717, 1.165) is 25.1 Å². The molecule has 1 rings (SSSR count). The van der Waals surface area contributed by atoms with Gasteiger partial charge in [-0.25, -0.2) is 13.6 Å². The third-order valence-corrected chi connectivity index (χ3v) is 2.72. The number of ether oxygens (including phenoxy) is 1. The summed E-state index contributed by atoms with van der Waals surface area (Å²) >= 11 is 0. The van der Waals surface area contributed by atoms with Crippen LogP contribution in [0.25, 0.3) is 0 Å². The molecule has 0 amide bonds. The van der Waals surface area contributed by atoms with Gasteiger partial charge in [-0.05, 0) is 37.1 Å². The van der Waals surface area contributed by atoms with E-state index in [-0.39, 0.29) is 6.42 Å². The highest BCUT2D eigenvalue weighted by molar-refractivity contribution is 5.72. The molecule has 0 aromatic heterocycles. The Kier molecular flexibility index (Phi) is 6.38. The van der Waals surface area contributed by atoms with Gasteiger partial charge in [0.05, 0.1) is 0 Å². The van der Waals surface area contributed by atoms with Gasteiger partial charge in [-0.2, -0.15) is 0 Å². The third kappa shape index (κ3) is 4.45. The molecule has 2 N–H and O–H groups in total. The van der Waals surface area contributed by atoms with Crippen LogP contribution in [0.4, 0.5) is 8.78 Å². The van der Waals surface area contributed by atoms with Crippen LogP contribution < -0.4 is 10.1 Å². The summed E-state index contributed by atoms with van der Waals surface area (Å²) in [6.45, 7) is 4.65. The van der Waals surface area contributed by atoms with Crippen LogP contribution in [0.15, 0.2) is 12.1 Å². The fraction of sp³-hybridized carbons (Fsp3) is 0.500. The SMILES string of the molecule is CCCNCc1cc(F)c(OC(CC)C(=O)O)c(F)c1. The Morgan fingerprint density at radius 1 is 1.35 bits per heavy atom. The molecule has 0 heterocycles. The van der Waals surface area contributed by atoms with Crippen molar-refractivity contribution in [3.63, 3.8) is 0 Å². The number of carbonyl (C=O) groups is 1. The Bertz CT molecular complexity index is 443. The van der Waals surface area contributed by atoms with Crippen LogP contribution in [0.3, 0.4) is 0 Å². The van der Waals surface area contributed by atoms with Gasteiger partial charge in [0, 0.05) is 6.54 Å². The van der Waals surface area contributed by atoms with Crippen molar-refractivity contribution in [1.82, 2.24) is 5.32 Å². The molecule has 0 saturated heterocycles. The maximum absolute atomic E-state index is 13.8. The topological polar surface area (TPSA) is 58.6 Å². The van der Waals surface area contributed by atoms with Gasteiger partial charge in [-0.15, -0.1) is 0 Å². The number of hydrogen-bond donors (Lipinski definition) is 2. The van der Waals surface area contributed by atoms with Gasteiger partial charge in [0.15, 0.2) is 23.5 Å². The Labute approximate surface area is 116 Å². The standard InChI is InChI=1S/C14H19F2NO3/c1-3-5-17-8-9-6-10(15)13(11(16)7-9)20-12(4-2)14(18)19/h6-7,12,17H,3-5,8H2,1-2H3,(H,18,19). The van der Waals surface area contributed by atoms with Gasteiger partial charge in [0.1, 0.15) is 0 Å². The monoisotopic (exact) mass is 287 g/mol. The third-order valence-electron chi connectivity index (χ3n) is 2.72. The van der Waals surface area contributed by atoms with Crippen molar-refractivity contribution in [3.05, 3.63) is 29.3 Å². The highest BCUT2D eigenvalue weighted by Crippen LogP contribution is 2.25. The molecule has 1 atom stereocenters. The second kappa shape index (κ2) is 7.79. The van der Waals surface area contributed by atoms with E-state index in [4.69, 9.17) is 9.84 Å². The summed E-state index contributed by atoms with van der Waals surface area (Å²) in [6, 6.07) is 2.30. The van der Waals surface area contributed by atoms with Gasteiger partial charge in [-0.3, -0.25) is 0 Å². The zero-order valence-corrected chi connectivity index (χ0v) is 11.6. The Morgan fingerprint density at radius 2 is 1.95 bits per heavy atom. The lowest BCUT2D eigenvalue weighted by Crippen LogP contribution is -2.27. The Morgan fingerprint density at radius 3 is 2.40 bits per heavy atom. The molecule has 0 aliphatic rings. The minimum atomic E-state index is -1.26. The van der Waals surface area contributed by atoms with Crippen LogP contribution in [0.5, 0.6) is 5.75 Å². The predicted octanol–water partition coefficient (Wildman–Crippen LogP) is 2.71. The molecule has 0 bridgehead atoms. The highest BCUT2D eigenvalue weighted by atomic mass is 19.1. The minimum absolute atomic E-state index is 0.119. The first kappa shape index (κ1) is 16.4. The molecule has 0 spiro atoms. The average Bonchev–Trinajstić information content (AvgIpc) is 2.38. The summed E-state index contributed by atoms with van der Waals surface area (Å²) in [5, 5.41) is 11.9. The molecule has 0 radical (unpaired) electrons. The molecular weight excluding hydrogens is 268 g/mol. The first-order valence-corrected chi connectivity index (χ1v) is 6.57. The van der Waals surface area contributed by atoms with E-state index in [0.29, 0.717) is 12.1 Å². The molecule has 0 saturated carbocycles. The van der Waals surface area contributed by atoms with E-state index in [1.165, 1.54) is 0 Å². The van der Waals surface area contributed by atoms with E-state index in [1.54, 1.807) is 6.92 Å². The number of benzene rings is 1. The van der Waals surface area contributed by atoms with Gasteiger partial charge < -0.3 is 15.2 Å². The molecule has 6 heteroatoms. The van der Waals surface area contributed by atoms with Gasteiger partial charge in [-0.1, -0.05) is 13.8 Å². The molecule has 4 nitrogen and oxygen atoms in total. The van der Waals surface area contributed by atoms with Crippen molar-refractivity contribution in [2.75, 3.05) is 6.54 Å². The summed E-state index contributed by atoms with van der Waals surface area (Å²) in [6.07, 6.45) is -0.222. The average molecular weight is 287 g/mol. The van der Waals surface area contributed by atoms with E-state index in [9.17, 15) is 13.6 Å². The maximum Gasteiger partial charge on any atom is 0.344 e. The number of carboxylic acids is 1. The predicted molar refractivity (Wildman–Crippen MR) is 70.7 cm³/mol. The molecule has 1 aromatic rings. The second-order valence-electron chi connectivity index (χ2n) is 4.42. The van der Waals surface area contributed by atoms with Gasteiger partial charge in [0.25, 0.3) is 0 Å². The molecule has 1 aromatic carbocycles. The van der Waals surface area contributed by atoms with Crippen molar-refractivity contribution >= 4 is 5.97 Å². The van der Waals surface area contributed by atoms with E-state index >= 15 is 0 Å². The number of carboxylic acid groups (broad SMARTS) is 1. The van der Waals surface area contributed by atoms with Crippen molar-refractivity contribution in [2.24, 2.45) is 0 Å². The zero-order valence-electron chi connectivity index (χ0n) is 11.6. The second-order valence-corrected chi connectivity index (χ2v) is 4.42.